The predicted octanol–water partition coefficient (Wildman–Crippen LogP) is 1.02. The molecule has 60 valence electrons. The molecule has 0 radical (unpaired) electrons. The molecule has 1 fully saturated rings. The van der Waals surface area contributed by atoms with Gasteiger partial charge in [0.25, 0.3) is 0 Å². The van der Waals surface area contributed by atoms with E-state index >= 15 is 0 Å². The van der Waals surface area contributed by atoms with E-state index in [2.05, 4.69) is 4.90 Å². The number of rotatable bonds is 2. The molecule has 0 amide bonds. The Hall–Kier alpha value is 0.620. The summed E-state index contributed by atoms with van der Waals surface area (Å²) in [5.74, 6) is 2.16. The molecule has 0 unspecified atom stereocenters. The Morgan fingerprint density at radius 2 is 2.10 bits per heavy atom. The van der Waals surface area contributed by atoms with Gasteiger partial charge in [0.15, 0.2) is 0 Å². The van der Waals surface area contributed by atoms with Gasteiger partial charge in [-0.3, -0.25) is 4.90 Å². The van der Waals surface area contributed by atoms with E-state index in [-0.39, 0.29) is 6.10 Å². The lowest BCUT2D eigenvalue weighted by Gasteiger charge is -2.26. The number of aliphatic hydroxyl groups excluding tert-OH is 1. The fourth-order valence-corrected chi connectivity index (χ4v) is 3.00. The van der Waals surface area contributed by atoms with Gasteiger partial charge in [0, 0.05) is 23.4 Å². The van der Waals surface area contributed by atoms with E-state index in [1.807, 2.05) is 30.4 Å². The summed E-state index contributed by atoms with van der Waals surface area (Å²) in [5, 5.41) is 10.2. The first-order valence-electron chi connectivity index (χ1n) is 3.35. The molecule has 1 saturated heterocycles. The molecule has 1 rings (SSSR count). The summed E-state index contributed by atoms with van der Waals surface area (Å²) in [7, 11) is 0. The topological polar surface area (TPSA) is 23.5 Å². The molecule has 1 aliphatic rings. The number of hydrogen-bond donors (Lipinski definition) is 1. The van der Waals surface area contributed by atoms with E-state index in [1.54, 1.807) is 0 Å². The second-order valence-electron chi connectivity index (χ2n) is 2.49. The van der Waals surface area contributed by atoms with Crippen LogP contribution in [0.2, 0.25) is 0 Å². The van der Waals surface area contributed by atoms with Crippen LogP contribution in [0.5, 0.6) is 0 Å². The predicted molar refractivity (Wildman–Crippen MR) is 48.2 cm³/mol. The minimum Gasteiger partial charge on any atom is -0.392 e. The molecule has 1 atom stereocenters. The van der Waals surface area contributed by atoms with Crippen LogP contribution < -0.4 is 0 Å². The van der Waals surface area contributed by atoms with Crippen LogP contribution in [0.3, 0.4) is 0 Å². The molecule has 2 nitrogen and oxygen atoms in total. The van der Waals surface area contributed by atoms with Crippen molar-refractivity contribution < 1.29 is 5.11 Å². The number of hydrogen-bond acceptors (Lipinski definition) is 4. The second-order valence-corrected chi connectivity index (χ2v) is 4.76. The standard InChI is InChI=1S/C6H13NOS2/c1-6(8)2-7-3-9-5-10-4-7/h6,8H,2-5H2,1H3/t6-/m0/s1. The van der Waals surface area contributed by atoms with Crippen molar-refractivity contribution in [3.63, 3.8) is 0 Å². The van der Waals surface area contributed by atoms with E-state index in [1.165, 1.54) is 5.08 Å². The van der Waals surface area contributed by atoms with Gasteiger partial charge < -0.3 is 5.11 Å². The summed E-state index contributed by atoms with van der Waals surface area (Å²) >= 11 is 3.85. The highest BCUT2D eigenvalue weighted by atomic mass is 32.2. The van der Waals surface area contributed by atoms with Crippen LogP contribution in [0.4, 0.5) is 0 Å². The maximum Gasteiger partial charge on any atom is 0.0639 e. The van der Waals surface area contributed by atoms with Crippen molar-refractivity contribution >= 4 is 23.5 Å². The van der Waals surface area contributed by atoms with Crippen LogP contribution in [-0.4, -0.2) is 39.5 Å². The summed E-state index contributed by atoms with van der Waals surface area (Å²) in [6, 6.07) is 0. The Bertz CT molecular complexity index is 93.7. The first kappa shape index (κ1) is 8.71. The minimum absolute atomic E-state index is 0.181. The molecule has 4 heteroatoms. The Labute approximate surface area is 70.4 Å². The lowest BCUT2D eigenvalue weighted by atomic mass is 10.4. The molecule has 0 bridgehead atoms. The highest BCUT2D eigenvalue weighted by Gasteiger charge is 2.11. The summed E-state index contributed by atoms with van der Waals surface area (Å²) in [5.41, 5.74) is 0. The number of aliphatic hydroxyl groups is 1. The van der Waals surface area contributed by atoms with Crippen molar-refractivity contribution in [2.75, 3.05) is 23.4 Å². The Morgan fingerprint density at radius 1 is 1.50 bits per heavy atom. The highest BCUT2D eigenvalue weighted by Crippen LogP contribution is 2.21. The molecule has 1 heterocycles. The maximum absolute atomic E-state index is 9.04. The monoisotopic (exact) mass is 179 g/mol. The average molecular weight is 179 g/mol. The van der Waals surface area contributed by atoms with Crippen LogP contribution in [0, 0.1) is 0 Å². The Morgan fingerprint density at radius 3 is 2.60 bits per heavy atom. The largest absolute Gasteiger partial charge is 0.392 e. The molecule has 0 saturated carbocycles. The van der Waals surface area contributed by atoms with Crippen molar-refractivity contribution in [1.29, 1.82) is 0 Å². The molecule has 10 heavy (non-hydrogen) atoms. The smallest absolute Gasteiger partial charge is 0.0639 e. The molecule has 0 aromatic carbocycles. The third kappa shape index (κ3) is 3.14. The van der Waals surface area contributed by atoms with Crippen LogP contribution in [0.1, 0.15) is 6.92 Å². The lowest BCUT2D eigenvalue weighted by Crippen LogP contribution is -2.32. The van der Waals surface area contributed by atoms with E-state index in [0.29, 0.717) is 0 Å². The molecule has 0 aromatic rings. The van der Waals surface area contributed by atoms with E-state index in [0.717, 1.165) is 18.3 Å². The summed E-state index contributed by atoms with van der Waals surface area (Å²) in [6.45, 7) is 2.66. The van der Waals surface area contributed by atoms with Crippen molar-refractivity contribution in [3.8, 4) is 0 Å². The average Bonchev–Trinajstić information content (AvgIpc) is 1.88. The van der Waals surface area contributed by atoms with Crippen LogP contribution >= 0.6 is 23.5 Å². The molecule has 0 aromatic heterocycles. The van der Waals surface area contributed by atoms with Crippen LogP contribution in [0.15, 0.2) is 0 Å². The second kappa shape index (κ2) is 4.49. The molecule has 1 aliphatic heterocycles. The SMILES string of the molecule is C[C@H](O)CN1CSCSC1. The fourth-order valence-electron chi connectivity index (χ4n) is 0.908. The molecule has 0 aliphatic carbocycles. The Kier molecular flexibility index (Phi) is 3.91. The van der Waals surface area contributed by atoms with Gasteiger partial charge in [-0.1, -0.05) is 0 Å². The van der Waals surface area contributed by atoms with Gasteiger partial charge in [-0.05, 0) is 6.92 Å². The zero-order chi connectivity index (χ0) is 7.40. The van der Waals surface area contributed by atoms with Crippen LogP contribution in [-0.2, 0) is 0 Å². The van der Waals surface area contributed by atoms with Crippen molar-refractivity contribution in [3.05, 3.63) is 0 Å². The first-order chi connectivity index (χ1) is 4.79. The van der Waals surface area contributed by atoms with Gasteiger partial charge in [0.05, 0.1) is 6.10 Å². The molecular formula is C6H13NOS2. The molecular weight excluding hydrogens is 166 g/mol. The van der Waals surface area contributed by atoms with E-state index in [4.69, 9.17) is 5.11 Å². The summed E-state index contributed by atoms with van der Waals surface area (Å²) in [6.07, 6.45) is -0.181. The van der Waals surface area contributed by atoms with Crippen molar-refractivity contribution in [2.24, 2.45) is 0 Å². The Balaban J connectivity index is 2.13. The van der Waals surface area contributed by atoms with Crippen molar-refractivity contribution in [1.82, 2.24) is 4.90 Å². The quantitative estimate of drug-likeness (QED) is 0.684. The zero-order valence-corrected chi connectivity index (χ0v) is 7.75. The number of nitrogens with zero attached hydrogens (tertiary/aromatic N) is 1. The molecule has 0 spiro atoms. The normalized spacial score (nSPS) is 24.6. The highest BCUT2D eigenvalue weighted by molar-refractivity contribution is 8.16. The third-order valence-corrected chi connectivity index (χ3v) is 3.67. The fraction of sp³-hybridized carbons (Fsp3) is 1.00. The van der Waals surface area contributed by atoms with Crippen LogP contribution in [0.25, 0.3) is 0 Å². The maximum atomic E-state index is 9.04. The number of thioether (sulfide) groups is 2. The van der Waals surface area contributed by atoms with Gasteiger partial charge in [0.1, 0.15) is 0 Å². The first-order valence-corrected chi connectivity index (χ1v) is 5.66. The van der Waals surface area contributed by atoms with Gasteiger partial charge in [-0.15, -0.1) is 23.5 Å². The van der Waals surface area contributed by atoms with Gasteiger partial charge in [-0.25, -0.2) is 0 Å². The van der Waals surface area contributed by atoms with Gasteiger partial charge >= 0.3 is 0 Å². The van der Waals surface area contributed by atoms with Crippen molar-refractivity contribution in [2.45, 2.75) is 13.0 Å². The zero-order valence-electron chi connectivity index (χ0n) is 6.12. The third-order valence-electron chi connectivity index (χ3n) is 1.24. The number of β-amino-alcohol motifs (C(OH)–C–C–N with tert-alkyl or cyclic N) is 1. The molecule has 1 N–H and O–H groups in total. The summed E-state index contributed by atoms with van der Waals surface area (Å²) < 4.78 is 0. The summed E-state index contributed by atoms with van der Waals surface area (Å²) in [4.78, 5) is 2.27. The van der Waals surface area contributed by atoms with E-state index in [9.17, 15) is 0 Å². The van der Waals surface area contributed by atoms with E-state index < -0.39 is 0 Å². The van der Waals surface area contributed by atoms with Gasteiger partial charge in [0.2, 0.25) is 0 Å². The lowest BCUT2D eigenvalue weighted by molar-refractivity contribution is 0.148. The minimum atomic E-state index is -0.181. The van der Waals surface area contributed by atoms with Gasteiger partial charge in [-0.2, -0.15) is 0 Å².